The number of hydrogen-bond acceptors (Lipinski definition) is 2. The second kappa shape index (κ2) is 8.27. The molecule has 1 aromatic carbocycles. The number of amides is 1. The van der Waals surface area contributed by atoms with Crippen molar-refractivity contribution in [2.24, 2.45) is 0 Å². The maximum Gasteiger partial charge on any atom is 0.255 e. The number of benzene rings is 1. The van der Waals surface area contributed by atoms with E-state index in [0.717, 1.165) is 26.1 Å². The number of likely N-dealkylation sites (N-methyl/N-ethyl adjacent to an activating group) is 1. The van der Waals surface area contributed by atoms with Gasteiger partial charge in [-0.05, 0) is 47.6 Å². The summed E-state index contributed by atoms with van der Waals surface area (Å²) in [7, 11) is 0. The predicted octanol–water partition coefficient (Wildman–Crippen LogP) is 3.05. The largest absolute Gasteiger partial charge is 0.351 e. The van der Waals surface area contributed by atoms with Crippen molar-refractivity contribution in [2.45, 2.75) is 20.3 Å². The van der Waals surface area contributed by atoms with Crippen molar-refractivity contribution in [1.29, 1.82) is 0 Å². The SMILES string of the molecule is CCCN(CC)CCNC(=O)c1c(F)cccc1Br. The molecule has 0 atom stereocenters. The first-order valence-corrected chi connectivity index (χ1v) is 7.34. The van der Waals surface area contributed by atoms with E-state index < -0.39 is 5.82 Å². The van der Waals surface area contributed by atoms with Crippen LogP contribution in [0.25, 0.3) is 0 Å². The lowest BCUT2D eigenvalue weighted by Gasteiger charge is -2.19. The number of hydrogen-bond donors (Lipinski definition) is 1. The number of carbonyl (C=O) groups excluding carboxylic acids is 1. The van der Waals surface area contributed by atoms with Gasteiger partial charge < -0.3 is 10.2 Å². The topological polar surface area (TPSA) is 32.3 Å². The van der Waals surface area contributed by atoms with Gasteiger partial charge in [0.1, 0.15) is 5.82 Å². The van der Waals surface area contributed by atoms with Gasteiger partial charge in [-0.1, -0.05) is 19.9 Å². The molecule has 0 aliphatic heterocycles. The smallest absolute Gasteiger partial charge is 0.255 e. The van der Waals surface area contributed by atoms with Crippen LogP contribution in [0.1, 0.15) is 30.6 Å². The van der Waals surface area contributed by atoms with E-state index in [0.29, 0.717) is 11.0 Å². The summed E-state index contributed by atoms with van der Waals surface area (Å²) in [5.74, 6) is -0.884. The molecule has 1 aromatic rings. The molecule has 5 heteroatoms. The first-order valence-electron chi connectivity index (χ1n) is 6.54. The summed E-state index contributed by atoms with van der Waals surface area (Å²) in [4.78, 5) is 14.2. The highest BCUT2D eigenvalue weighted by Gasteiger charge is 2.14. The number of halogens is 2. The molecule has 0 aliphatic rings. The first-order chi connectivity index (χ1) is 9.10. The van der Waals surface area contributed by atoms with Gasteiger partial charge in [-0.25, -0.2) is 4.39 Å². The lowest BCUT2D eigenvalue weighted by molar-refractivity contribution is 0.0943. The Morgan fingerprint density at radius 3 is 2.68 bits per heavy atom. The van der Waals surface area contributed by atoms with Gasteiger partial charge in [-0.2, -0.15) is 0 Å². The molecule has 0 unspecified atom stereocenters. The Labute approximate surface area is 122 Å². The van der Waals surface area contributed by atoms with Crippen molar-refractivity contribution in [1.82, 2.24) is 10.2 Å². The van der Waals surface area contributed by atoms with Crippen molar-refractivity contribution < 1.29 is 9.18 Å². The number of nitrogens with one attached hydrogen (secondary N) is 1. The molecule has 0 spiro atoms. The molecular weight excluding hydrogens is 311 g/mol. The van der Waals surface area contributed by atoms with Gasteiger partial charge in [-0.3, -0.25) is 4.79 Å². The molecule has 0 aliphatic carbocycles. The highest BCUT2D eigenvalue weighted by Crippen LogP contribution is 2.19. The van der Waals surface area contributed by atoms with Gasteiger partial charge in [0, 0.05) is 17.6 Å². The molecule has 0 heterocycles. The monoisotopic (exact) mass is 330 g/mol. The third-order valence-electron chi connectivity index (χ3n) is 2.89. The molecule has 106 valence electrons. The summed E-state index contributed by atoms with van der Waals surface area (Å²) in [5.41, 5.74) is 0.0704. The van der Waals surface area contributed by atoms with E-state index in [4.69, 9.17) is 0 Å². The standard InChI is InChI=1S/C14H20BrFN2O/c1-3-9-18(4-2)10-8-17-14(19)13-11(15)6-5-7-12(13)16/h5-7H,3-4,8-10H2,1-2H3,(H,17,19). The van der Waals surface area contributed by atoms with Gasteiger partial charge in [0.15, 0.2) is 0 Å². The van der Waals surface area contributed by atoms with Gasteiger partial charge in [0.25, 0.3) is 5.91 Å². The fourth-order valence-electron chi connectivity index (χ4n) is 1.87. The maximum absolute atomic E-state index is 13.6. The molecule has 19 heavy (non-hydrogen) atoms. The molecule has 0 bridgehead atoms. The van der Waals surface area contributed by atoms with Crippen LogP contribution in [-0.4, -0.2) is 37.0 Å². The van der Waals surface area contributed by atoms with Gasteiger partial charge in [-0.15, -0.1) is 0 Å². The van der Waals surface area contributed by atoms with Crippen molar-refractivity contribution in [2.75, 3.05) is 26.2 Å². The van der Waals surface area contributed by atoms with E-state index in [-0.39, 0.29) is 11.5 Å². The summed E-state index contributed by atoms with van der Waals surface area (Å²) < 4.78 is 14.1. The van der Waals surface area contributed by atoms with Crippen molar-refractivity contribution in [3.8, 4) is 0 Å². The summed E-state index contributed by atoms with van der Waals surface area (Å²) >= 11 is 3.20. The predicted molar refractivity (Wildman–Crippen MR) is 78.8 cm³/mol. The Kier molecular flexibility index (Phi) is 7.02. The first kappa shape index (κ1) is 16.1. The molecule has 0 saturated carbocycles. The average Bonchev–Trinajstić information content (AvgIpc) is 2.37. The molecule has 1 rings (SSSR count). The lowest BCUT2D eigenvalue weighted by Crippen LogP contribution is -2.35. The van der Waals surface area contributed by atoms with Gasteiger partial charge >= 0.3 is 0 Å². The molecule has 0 radical (unpaired) electrons. The fourth-order valence-corrected chi connectivity index (χ4v) is 2.40. The second-order valence-electron chi connectivity index (χ2n) is 4.29. The fraction of sp³-hybridized carbons (Fsp3) is 0.500. The van der Waals surface area contributed by atoms with E-state index in [1.807, 2.05) is 0 Å². The van der Waals surface area contributed by atoms with E-state index in [9.17, 15) is 9.18 Å². The molecule has 1 N–H and O–H groups in total. The minimum Gasteiger partial charge on any atom is -0.351 e. The maximum atomic E-state index is 13.6. The van der Waals surface area contributed by atoms with Crippen LogP contribution in [0.4, 0.5) is 4.39 Å². The van der Waals surface area contributed by atoms with E-state index in [1.54, 1.807) is 12.1 Å². The van der Waals surface area contributed by atoms with Gasteiger partial charge in [0.05, 0.1) is 5.56 Å². The van der Waals surface area contributed by atoms with Crippen LogP contribution >= 0.6 is 15.9 Å². The summed E-state index contributed by atoms with van der Waals surface area (Å²) in [6.07, 6.45) is 1.08. The molecule has 1 amide bonds. The van der Waals surface area contributed by atoms with Gasteiger partial charge in [0.2, 0.25) is 0 Å². The normalized spacial score (nSPS) is 10.8. The van der Waals surface area contributed by atoms with Crippen LogP contribution in [-0.2, 0) is 0 Å². The molecular formula is C14H20BrFN2O. The summed E-state index contributed by atoms with van der Waals surface area (Å²) in [6, 6.07) is 4.51. The van der Waals surface area contributed by atoms with E-state index in [1.165, 1.54) is 6.07 Å². The Hall–Kier alpha value is -0.940. The summed E-state index contributed by atoms with van der Waals surface area (Å²) in [6.45, 7) is 7.47. The Morgan fingerprint density at radius 1 is 1.37 bits per heavy atom. The summed E-state index contributed by atoms with van der Waals surface area (Å²) in [5, 5.41) is 2.75. The minimum atomic E-state index is -0.507. The van der Waals surface area contributed by atoms with Crippen molar-refractivity contribution in [3.05, 3.63) is 34.1 Å². The molecule has 0 saturated heterocycles. The highest BCUT2D eigenvalue weighted by atomic mass is 79.9. The number of carbonyl (C=O) groups is 1. The van der Waals surface area contributed by atoms with Crippen molar-refractivity contribution in [3.63, 3.8) is 0 Å². The Bertz CT molecular complexity index is 406. The van der Waals surface area contributed by atoms with Crippen molar-refractivity contribution >= 4 is 21.8 Å². The Morgan fingerprint density at radius 2 is 2.11 bits per heavy atom. The molecule has 0 fully saturated rings. The van der Waals surface area contributed by atoms with Crippen LogP contribution in [0.5, 0.6) is 0 Å². The molecule has 3 nitrogen and oxygen atoms in total. The zero-order valence-electron chi connectivity index (χ0n) is 11.4. The second-order valence-corrected chi connectivity index (χ2v) is 5.14. The van der Waals surface area contributed by atoms with E-state index in [2.05, 4.69) is 40.0 Å². The van der Waals surface area contributed by atoms with Crippen LogP contribution in [0.2, 0.25) is 0 Å². The minimum absolute atomic E-state index is 0.0704. The highest BCUT2D eigenvalue weighted by molar-refractivity contribution is 9.10. The van der Waals surface area contributed by atoms with Crippen LogP contribution < -0.4 is 5.32 Å². The van der Waals surface area contributed by atoms with Crippen LogP contribution in [0, 0.1) is 5.82 Å². The lowest BCUT2D eigenvalue weighted by atomic mass is 10.2. The van der Waals surface area contributed by atoms with E-state index >= 15 is 0 Å². The number of nitrogens with zero attached hydrogens (tertiary/aromatic N) is 1. The van der Waals surface area contributed by atoms with Crippen LogP contribution in [0.15, 0.2) is 22.7 Å². The number of rotatable bonds is 7. The van der Waals surface area contributed by atoms with Crippen LogP contribution in [0.3, 0.4) is 0 Å². The Balaban J connectivity index is 2.52. The zero-order chi connectivity index (χ0) is 14.3. The third-order valence-corrected chi connectivity index (χ3v) is 3.55. The third kappa shape index (κ3) is 4.91. The average molecular weight is 331 g/mol. The molecule has 0 aromatic heterocycles. The quantitative estimate of drug-likeness (QED) is 0.833. The zero-order valence-corrected chi connectivity index (χ0v) is 13.0.